The molecule has 5 heteroatoms. The largest absolute Gasteiger partial charge is 0.493 e. The zero-order chi connectivity index (χ0) is 15.8. The SMILES string of the molecule is CN(CCCOc1cccc(Cl)c1)C(=O)CCC1CCNC1. The molecular weight excluding hydrogens is 300 g/mol. The van der Waals surface area contributed by atoms with E-state index in [4.69, 9.17) is 16.3 Å². The highest BCUT2D eigenvalue weighted by molar-refractivity contribution is 6.30. The first-order chi connectivity index (χ1) is 10.6. The van der Waals surface area contributed by atoms with Crippen molar-refractivity contribution >= 4 is 17.5 Å². The summed E-state index contributed by atoms with van der Waals surface area (Å²) in [6.07, 6.45) is 3.66. The molecule has 1 N–H and O–H groups in total. The molecule has 1 heterocycles. The summed E-state index contributed by atoms with van der Waals surface area (Å²) in [4.78, 5) is 13.9. The summed E-state index contributed by atoms with van der Waals surface area (Å²) in [7, 11) is 1.87. The monoisotopic (exact) mass is 324 g/mol. The number of halogens is 1. The fraction of sp³-hybridized carbons (Fsp3) is 0.588. The number of carbonyl (C=O) groups excluding carboxylic acids is 1. The third-order valence-corrected chi connectivity index (χ3v) is 4.29. The third kappa shape index (κ3) is 5.85. The predicted molar refractivity (Wildman–Crippen MR) is 89.4 cm³/mol. The summed E-state index contributed by atoms with van der Waals surface area (Å²) in [5.41, 5.74) is 0. The molecule has 1 aliphatic rings. The smallest absolute Gasteiger partial charge is 0.222 e. The van der Waals surface area contributed by atoms with Gasteiger partial charge in [0.1, 0.15) is 5.75 Å². The number of rotatable bonds is 8. The standard InChI is InChI=1S/C17H25ClN2O2/c1-20(17(21)7-6-14-8-9-19-13-14)10-3-11-22-16-5-2-4-15(18)12-16/h2,4-5,12,14,19H,3,6-11,13H2,1H3. The van der Waals surface area contributed by atoms with Gasteiger partial charge in [-0.2, -0.15) is 0 Å². The summed E-state index contributed by atoms with van der Waals surface area (Å²) in [6, 6.07) is 7.37. The topological polar surface area (TPSA) is 41.6 Å². The fourth-order valence-corrected chi connectivity index (χ4v) is 2.83. The first-order valence-electron chi connectivity index (χ1n) is 7.98. The highest BCUT2D eigenvalue weighted by Gasteiger charge is 2.17. The van der Waals surface area contributed by atoms with Crippen molar-refractivity contribution in [1.29, 1.82) is 0 Å². The Hall–Kier alpha value is -1.26. The van der Waals surface area contributed by atoms with E-state index in [1.807, 2.05) is 30.1 Å². The van der Waals surface area contributed by atoms with Gasteiger partial charge >= 0.3 is 0 Å². The molecule has 1 aromatic carbocycles. The van der Waals surface area contributed by atoms with Crippen LogP contribution in [0.3, 0.4) is 0 Å². The number of hydrogen-bond acceptors (Lipinski definition) is 3. The maximum atomic E-state index is 12.1. The van der Waals surface area contributed by atoms with Crippen LogP contribution in [-0.4, -0.2) is 44.1 Å². The first kappa shape index (κ1) is 17.1. The molecule has 0 aliphatic carbocycles. The van der Waals surface area contributed by atoms with E-state index in [0.29, 0.717) is 24.0 Å². The van der Waals surface area contributed by atoms with E-state index < -0.39 is 0 Å². The van der Waals surface area contributed by atoms with E-state index in [2.05, 4.69) is 5.32 Å². The molecule has 4 nitrogen and oxygen atoms in total. The van der Waals surface area contributed by atoms with Gasteiger partial charge in [-0.25, -0.2) is 0 Å². The summed E-state index contributed by atoms with van der Waals surface area (Å²) < 4.78 is 5.63. The Morgan fingerprint density at radius 2 is 2.36 bits per heavy atom. The van der Waals surface area contributed by atoms with Crippen LogP contribution in [0.5, 0.6) is 5.75 Å². The van der Waals surface area contributed by atoms with Crippen LogP contribution in [-0.2, 0) is 4.79 Å². The second kappa shape index (κ2) is 9.01. The second-order valence-electron chi connectivity index (χ2n) is 5.87. The summed E-state index contributed by atoms with van der Waals surface area (Å²) in [6.45, 7) is 3.47. The molecular formula is C17H25ClN2O2. The lowest BCUT2D eigenvalue weighted by atomic mass is 10.0. The first-order valence-corrected chi connectivity index (χ1v) is 8.36. The Kier molecular flexibility index (Phi) is 7.00. The third-order valence-electron chi connectivity index (χ3n) is 4.06. The van der Waals surface area contributed by atoms with Crippen LogP contribution in [0.15, 0.2) is 24.3 Å². The van der Waals surface area contributed by atoms with Gasteiger partial charge < -0.3 is 15.0 Å². The minimum Gasteiger partial charge on any atom is -0.493 e. The molecule has 1 saturated heterocycles. The lowest BCUT2D eigenvalue weighted by molar-refractivity contribution is -0.130. The second-order valence-corrected chi connectivity index (χ2v) is 6.31. The average molecular weight is 325 g/mol. The minimum absolute atomic E-state index is 0.231. The van der Waals surface area contributed by atoms with Crippen LogP contribution in [0.2, 0.25) is 5.02 Å². The van der Waals surface area contributed by atoms with Crippen LogP contribution in [0.25, 0.3) is 0 Å². The van der Waals surface area contributed by atoms with Crippen molar-refractivity contribution < 1.29 is 9.53 Å². The summed E-state index contributed by atoms with van der Waals surface area (Å²) in [5.74, 6) is 1.67. The van der Waals surface area contributed by atoms with Crippen LogP contribution >= 0.6 is 11.6 Å². The summed E-state index contributed by atoms with van der Waals surface area (Å²) >= 11 is 5.90. The Morgan fingerprint density at radius 3 is 3.09 bits per heavy atom. The Balaban J connectivity index is 1.58. The van der Waals surface area contributed by atoms with Crippen molar-refractivity contribution in [3.63, 3.8) is 0 Å². The lowest BCUT2D eigenvalue weighted by Crippen LogP contribution is -2.29. The van der Waals surface area contributed by atoms with Gasteiger partial charge in [-0.05, 0) is 56.5 Å². The van der Waals surface area contributed by atoms with Crippen LogP contribution < -0.4 is 10.1 Å². The van der Waals surface area contributed by atoms with E-state index in [1.165, 1.54) is 6.42 Å². The molecule has 0 saturated carbocycles. The zero-order valence-corrected chi connectivity index (χ0v) is 13.9. The highest BCUT2D eigenvalue weighted by Crippen LogP contribution is 2.17. The van der Waals surface area contributed by atoms with E-state index in [1.54, 1.807) is 6.07 Å². The van der Waals surface area contributed by atoms with Gasteiger partial charge in [0.2, 0.25) is 5.91 Å². The maximum absolute atomic E-state index is 12.1. The van der Waals surface area contributed by atoms with Crippen molar-refractivity contribution in [2.75, 3.05) is 33.3 Å². The fourth-order valence-electron chi connectivity index (χ4n) is 2.65. The van der Waals surface area contributed by atoms with Crippen LogP contribution in [0.4, 0.5) is 0 Å². The molecule has 0 aromatic heterocycles. The summed E-state index contributed by atoms with van der Waals surface area (Å²) in [5, 5.41) is 4.01. The van der Waals surface area contributed by atoms with Gasteiger partial charge in [0, 0.05) is 25.0 Å². The highest BCUT2D eigenvalue weighted by atomic mass is 35.5. The number of nitrogens with zero attached hydrogens (tertiary/aromatic N) is 1. The molecule has 1 atom stereocenters. The van der Waals surface area contributed by atoms with Gasteiger partial charge in [-0.15, -0.1) is 0 Å². The molecule has 1 aromatic rings. The Morgan fingerprint density at radius 1 is 1.50 bits per heavy atom. The number of benzene rings is 1. The molecule has 0 bridgehead atoms. The molecule has 0 spiro atoms. The average Bonchev–Trinajstić information content (AvgIpc) is 3.02. The van der Waals surface area contributed by atoms with Crippen molar-refractivity contribution in [3.05, 3.63) is 29.3 Å². The van der Waals surface area contributed by atoms with Gasteiger partial charge in [-0.1, -0.05) is 17.7 Å². The molecule has 122 valence electrons. The minimum atomic E-state index is 0.231. The Bertz CT molecular complexity index is 475. The number of hydrogen-bond donors (Lipinski definition) is 1. The zero-order valence-electron chi connectivity index (χ0n) is 13.2. The predicted octanol–water partition coefficient (Wildman–Crippen LogP) is 2.96. The molecule has 22 heavy (non-hydrogen) atoms. The van der Waals surface area contributed by atoms with Crippen LogP contribution in [0.1, 0.15) is 25.7 Å². The molecule has 0 radical (unpaired) electrons. The lowest BCUT2D eigenvalue weighted by Gasteiger charge is -2.18. The van der Waals surface area contributed by atoms with Gasteiger partial charge in [0.25, 0.3) is 0 Å². The van der Waals surface area contributed by atoms with E-state index >= 15 is 0 Å². The van der Waals surface area contributed by atoms with Gasteiger partial charge in [0.15, 0.2) is 0 Å². The number of ether oxygens (including phenoxy) is 1. The molecule has 2 rings (SSSR count). The van der Waals surface area contributed by atoms with Crippen molar-refractivity contribution in [1.82, 2.24) is 10.2 Å². The molecule has 1 aliphatic heterocycles. The quantitative estimate of drug-likeness (QED) is 0.747. The number of carbonyl (C=O) groups is 1. The van der Waals surface area contributed by atoms with E-state index in [-0.39, 0.29) is 5.91 Å². The van der Waals surface area contributed by atoms with Crippen molar-refractivity contribution in [2.24, 2.45) is 5.92 Å². The Labute approximate surface area is 137 Å². The van der Waals surface area contributed by atoms with E-state index in [0.717, 1.165) is 38.2 Å². The number of nitrogens with one attached hydrogen (secondary N) is 1. The van der Waals surface area contributed by atoms with Gasteiger partial charge in [-0.3, -0.25) is 4.79 Å². The van der Waals surface area contributed by atoms with Crippen LogP contribution in [0, 0.1) is 5.92 Å². The normalized spacial score (nSPS) is 17.5. The maximum Gasteiger partial charge on any atom is 0.222 e. The van der Waals surface area contributed by atoms with Gasteiger partial charge in [0.05, 0.1) is 6.61 Å². The van der Waals surface area contributed by atoms with Crippen molar-refractivity contribution in [3.8, 4) is 5.75 Å². The molecule has 1 fully saturated rings. The molecule has 1 amide bonds. The number of amides is 1. The van der Waals surface area contributed by atoms with E-state index in [9.17, 15) is 4.79 Å². The molecule has 1 unspecified atom stereocenters. The van der Waals surface area contributed by atoms with Crippen molar-refractivity contribution in [2.45, 2.75) is 25.7 Å².